The second-order valence-corrected chi connectivity index (χ2v) is 7.92. The van der Waals surface area contributed by atoms with Crippen LogP contribution in [0.15, 0.2) is 12.2 Å². The largest absolute Gasteiger partial charge is 0.462 e. The fourth-order valence-electron chi connectivity index (χ4n) is 5.38. The number of ether oxygens (including phenoxy) is 2. The lowest BCUT2D eigenvalue weighted by molar-refractivity contribution is -0.139. The van der Waals surface area contributed by atoms with Gasteiger partial charge in [0.05, 0.1) is 18.8 Å². The lowest BCUT2D eigenvalue weighted by Crippen LogP contribution is -2.33. The van der Waals surface area contributed by atoms with E-state index in [9.17, 15) is 4.79 Å². The first kappa shape index (κ1) is 17.0. The summed E-state index contributed by atoms with van der Waals surface area (Å²) < 4.78 is 11.7. The van der Waals surface area contributed by atoms with E-state index in [0.717, 1.165) is 42.9 Å². The molecule has 0 aromatic carbocycles. The van der Waals surface area contributed by atoms with Gasteiger partial charge in [-0.05, 0) is 75.5 Å². The van der Waals surface area contributed by atoms with E-state index in [1.54, 1.807) is 6.92 Å². The van der Waals surface area contributed by atoms with Gasteiger partial charge in [-0.3, -0.25) is 0 Å². The van der Waals surface area contributed by atoms with E-state index in [-0.39, 0.29) is 5.97 Å². The number of rotatable bonds is 8. The number of hydrogen-bond acceptors (Lipinski definition) is 3. The van der Waals surface area contributed by atoms with Crippen LogP contribution < -0.4 is 0 Å². The van der Waals surface area contributed by atoms with E-state index in [1.165, 1.54) is 32.1 Å². The molecule has 3 fully saturated rings. The Hall–Kier alpha value is -0.830. The second kappa shape index (κ2) is 7.38. The van der Waals surface area contributed by atoms with E-state index in [2.05, 4.69) is 13.5 Å². The van der Waals surface area contributed by atoms with Crippen molar-refractivity contribution < 1.29 is 14.3 Å². The van der Waals surface area contributed by atoms with Gasteiger partial charge >= 0.3 is 5.97 Å². The minimum Gasteiger partial charge on any atom is -0.462 e. The van der Waals surface area contributed by atoms with Gasteiger partial charge in [-0.2, -0.15) is 0 Å². The Morgan fingerprint density at radius 1 is 1.22 bits per heavy atom. The summed E-state index contributed by atoms with van der Waals surface area (Å²) in [6.45, 7) is 7.97. The second-order valence-electron chi connectivity index (χ2n) is 7.92. The fraction of sp³-hybridized carbons (Fsp3) is 0.850. The zero-order valence-corrected chi connectivity index (χ0v) is 14.8. The Bertz CT molecular complexity index is 444. The van der Waals surface area contributed by atoms with Crippen LogP contribution in [0.5, 0.6) is 0 Å². The summed E-state index contributed by atoms with van der Waals surface area (Å²) in [5.41, 5.74) is 0.474. The summed E-state index contributed by atoms with van der Waals surface area (Å²) in [5, 5.41) is 0. The Morgan fingerprint density at radius 3 is 2.74 bits per heavy atom. The van der Waals surface area contributed by atoms with Crippen molar-refractivity contribution in [2.24, 2.45) is 23.7 Å². The summed E-state index contributed by atoms with van der Waals surface area (Å²) in [4.78, 5) is 11.4. The molecule has 0 amide bonds. The molecule has 0 aromatic rings. The van der Waals surface area contributed by atoms with Gasteiger partial charge in [-0.1, -0.05) is 19.9 Å². The molecule has 130 valence electrons. The molecule has 23 heavy (non-hydrogen) atoms. The minimum absolute atomic E-state index is 0.278. The average molecular weight is 320 g/mol. The lowest BCUT2D eigenvalue weighted by atomic mass is 9.80. The van der Waals surface area contributed by atoms with Crippen LogP contribution in [0, 0.1) is 23.7 Å². The first-order chi connectivity index (χ1) is 11.1. The molecule has 0 saturated heterocycles. The number of carbonyl (C=O) groups is 1. The molecule has 3 aliphatic carbocycles. The number of esters is 1. The monoisotopic (exact) mass is 320 g/mol. The van der Waals surface area contributed by atoms with Crippen molar-refractivity contribution in [1.29, 1.82) is 0 Å². The third kappa shape index (κ3) is 3.65. The molecule has 3 rings (SSSR count). The maximum absolute atomic E-state index is 11.4. The molecule has 0 heterocycles. The summed E-state index contributed by atoms with van der Waals surface area (Å²) in [5.74, 6) is 3.50. The highest BCUT2D eigenvalue weighted by Crippen LogP contribution is 2.59. The van der Waals surface area contributed by atoms with Crippen LogP contribution in [0.2, 0.25) is 0 Å². The number of carbonyl (C=O) groups excluding carboxylic acids is 1. The normalized spacial score (nSPS) is 36.0. The molecule has 3 nitrogen and oxygen atoms in total. The third-order valence-electron chi connectivity index (χ3n) is 6.44. The number of hydrogen-bond donors (Lipinski definition) is 0. The predicted octanol–water partition coefficient (Wildman–Crippen LogP) is 4.51. The Labute approximate surface area is 140 Å². The molecule has 6 unspecified atom stereocenters. The van der Waals surface area contributed by atoms with E-state index >= 15 is 0 Å². The van der Waals surface area contributed by atoms with Crippen molar-refractivity contribution >= 4 is 5.97 Å². The fourth-order valence-corrected chi connectivity index (χ4v) is 5.38. The average Bonchev–Trinajstić information content (AvgIpc) is 3.21. The van der Waals surface area contributed by atoms with E-state index in [0.29, 0.717) is 24.4 Å². The molecule has 0 aromatic heterocycles. The number of fused-ring (bicyclic) bond motifs is 5. The molecule has 0 N–H and O–H groups in total. The van der Waals surface area contributed by atoms with Crippen LogP contribution in [0.4, 0.5) is 0 Å². The summed E-state index contributed by atoms with van der Waals surface area (Å²) in [6, 6.07) is 0. The molecule has 0 aliphatic heterocycles. The Morgan fingerprint density at radius 2 is 2.00 bits per heavy atom. The zero-order chi connectivity index (χ0) is 16.4. The van der Waals surface area contributed by atoms with Crippen LogP contribution in [0.1, 0.15) is 65.2 Å². The predicted molar refractivity (Wildman–Crippen MR) is 91.0 cm³/mol. The molecule has 6 atom stereocenters. The van der Waals surface area contributed by atoms with E-state index < -0.39 is 0 Å². The molecule has 3 saturated carbocycles. The smallest absolute Gasteiger partial charge is 0.333 e. The van der Waals surface area contributed by atoms with Crippen molar-refractivity contribution in [3.63, 3.8) is 0 Å². The topological polar surface area (TPSA) is 35.5 Å². The van der Waals surface area contributed by atoms with Crippen LogP contribution in [0.25, 0.3) is 0 Å². The molecule has 0 radical (unpaired) electrons. The van der Waals surface area contributed by atoms with Crippen molar-refractivity contribution in [3.8, 4) is 0 Å². The first-order valence-electron chi connectivity index (χ1n) is 9.58. The van der Waals surface area contributed by atoms with Crippen molar-refractivity contribution in [1.82, 2.24) is 0 Å². The van der Waals surface area contributed by atoms with Crippen LogP contribution >= 0.6 is 0 Å². The van der Waals surface area contributed by atoms with Gasteiger partial charge in [0, 0.05) is 5.57 Å². The SMILES string of the molecule is C=C(C)C(=O)OCCCC(CC)OC1CC2CC1C1CCCC21. The zero-order valence-electron chi connectivity index (χ0n) is 14.8. The Balaban J connectivity index is 1.40. The first-order valence-corrected chi connectivity index (χ1v) is 9.58. The summed E-state index contributed by atoms with van der Waals surface area (Å²) in [7, 11) is 0. The quantitative estimate of drug-likeness (QED) is 0.375. The molecule has 3 aliphatic rings. The Kier molecular flexibility index (Phi) is 5.45. The molecule has 0 spiro atoms. The van der Waals surface area contributed by atoms with Gasteiger partial charge in [0.1, 0.15) is 0 Å². The van der Waals surface area contributed by atoms with Crippen molar-refractivity contribution in [3.05, 3.63) is 12.2 Å². The van der Waals surface area contributed by atoms with Crippen LogP contribution in [0.3, 0.4) is 0 Å². The van der Waals surface area contributed by atoms with Gasteiger partial charge in [0.15, 0.2) is 0 Å². The highest BCUT2D eigenvalue weighted by atomic mass is 16.5. The minimum atomic E-state index is -0.278. The van der Waals surface area contributed by atoms with Gasteiger partial charge in [0.2, 0.25) is 0 Å². The maximum Gasteiger partial charge on any atom is 0.333 e. The van der Waals surface area contributed by atoms with E-state index in [4.69, 9.17) is 9.47 Å². The van der Waals surface area contributed by atoms with Gasteiger partial charge in [-0.15, -0.1) is 0 Å². The highest BCUT2D eigenvalue weighted by Gasteiger charge is 2.54. The lowest BCUT2D eigenvalue weighted by Gasteiger charge is -2.34. The van der Waals surface area contributed by atoms with E-state index in [1.807, 2.05) is 0 Å². The molecule has 3 heteroatoms. The van der Waals surface area contributed by atoms with Crippen molar-refractivity contribution in [2.75, 3.05) is 6.61 Å². The van der Waals surface area contributed by atoms with Gasteiger partial charge in [-0.25, -0.2) is 4.79 Å². The molecule has 2 bridgehead atoms. The third-order valence-corrected chi connectivity index (χ3v) is 6.44. The molecular formula is C20H32O3. The maximum atomic E-state index is 11.4. The summed E-state index contributed by atoms with van der Waals surface area (Å²) >= 11 is 0. The summed E-state index contributed by atoms with van der Waals surface area (Å²) in [6.07, 6.45) is 10.8. The van der Waals surface area contributed by atoms with Crippen LogP contribution in [-0.4, -0.2) is 24.8 Å². The highest BCUT2D eigenvalue weighted by molar-refractivity contribution is 5.86. The molecular weight excluding hydrogens is 288 g/mol. The van der Waals surface area contributed by atoms with Gasteiger partial charge < -0.3 is 9.47 Å². The van der Waals surface area contributed by atoms with Crippen molar-refractivity contribution in [2.45, 2.75) is 77.4 Å². The van der Waals surface area contributed by atoms with Crippen LogP contribution in [-0.2, 0) is 14.3 Å². The standard InChI is InChI=1S/C20H32O3/c1-4-15(7-6-10-22-20(21)13(2)3)23-19-12-14-11-18(19)17-9-5-8-16(14)17/h14-19H,2,4-12H2,1,3H3. The van der Waals surface area contributed by atoms with Gasteiger partial charge in [0.25, 0.3) is 0 Å².